The number of ether oxygens (including phenoxy) is 1. The minimum atomic E-state index is -0.751. The summed E-state index contributed by atoms with van der Waals surface area (Å²) < 4.78 is 51.8. The Hall–Kier alpha value is -4.40. The number of benzene rings is 2. The zero-order valence-corrected chi connectivity index (χ0v) is 26.4. The fraction of sp³-hybridized carbons (Fsp3) is 0.432. The summed E-state index contributed by atoms with van der Waals surface area (Å²) >= 11 is 0. The second-order valence-corrected chi connectivity index (χ2v) is 14.3. The van der Waals surface area contributed by atoms with E-state index in [9.17, 15) is 13.9 Å². The molecule has 2 aromatic heterocycles. The summed E-state index contributed by atoms with van der Waals surface area (Å²) in [4.78, 5) is 18.6. The molecule has 4 aliphatic heterocycles. The molecule has 3 atom stereocenters. The van der Waals surface area contributed by atoms with Crippen LogP contribution in [0.2, 0.25) is 0 Å². The number of hydrogen-bond acceptors (Lipinski definition) is 8. The molecule has 5 aliphatic rings. The van der Waals surface area contributed by atoms with E-state index in [-0.39, 0.29) is 63.2 Å². The van der Waals surface area contributed by atoms with Gasteiger partial charge in [-0.05, 0) is 86.6 Å². The van der Waals surface area contributed by atoms with Crippen LogP contribution in [-0.4, -0.2) is 74.9 Å². The smallest absolute Gasteiger partial charge is 0.319 e. The molecule has 9 rings (SSSR count). The van der Waals surface area contributed by atoms with Crippen LogP contribution in [0.5, 0.6) is 11.8 Å². The highest BCUT2D eigenvalue weighted by Gasteiger charge is 2.53. The number of fused-ring (bicyclic) bond motifs is 5. The highest BCUT2D eigenvalue weighted by atomic mass is 19.1. The van der Waals surface area contributed by atoms with Crippen molar-refractivity contribution in [1.82, 2.24) is 25.2 Å². The molecule has 48 heavy (non-hydrogen) atoms. The Balaban J connectivity index is 1.19. The summed E-state index contributed by atoms with van der Waals surface area (Å²) in [6.07, 6.45) is 14.9. The first-order chi connectivity index (χ1) is 23.3. The number of halogens is 3. The summed E-state index contributed by atoms with van der Waals surface area (Å²) in [6.45, 7) is 3.10. The normalized spacial score (nSPS) is 27.7. The monoisotopic (exact) mass is 652 g/mol. The van der Waals surface area contributed by atoms with Gasteiger partial charge in [0.2, 0.25) is 0 Å². The Morgan fingerprint density at radius 2 is 2.04 bits per heavy atom. The molecule has 4 aromatic rings. The fourth-order valence-electron chi connectivity index (χ4n) is 9.08. The van der Waals surface area contributed by atoms with Gasteiger partial charge < -0.3 is 20.1 Å². The van der Waals surface area contributed by atoms with E-state index in [0.717, 1.165) is 44.3 Å². The van der Waals surface area contributed by atoms with E-state index >= 15 is 4.39 Å². The van der Waals surface area contributed by atoms with E-state index in [1.54, 1.807) is 6.20 Å². The van der Waals surface area contributed by atoms with Gasteiger partial charge in [-0.1, -0.05) is 12.0 Å². The molecule has 2 aromatic carbocycles. The molecule has 0 amide bonds. The predicted molar refractivity (Wildman–Crippen MR) is 176 cm³/mol. The average Bonchev–Trinajstić information content (AvgIpc) is 3.70. The van der Waals surface area contributed by atoms with E-state index in [1.807, 2.05) is 0 Å². The maximum absolute atomic E-state index is 17.0. The summed E-state index contributed by atoms with van der Waals surface area (Å²) in [6, 6.07) is 5.84. The summed E-state index contributed by atoms with van der Waals surface area (Å²) in [5.74, 6) is 2.03. The first-order valence-corrected chi connectivity index (χ1v) is 16.8. The lowest BCUT2D eigenvalue weighted by Gasteiger charge is -2.42. The number of nitrogens with zero attached hydrogens (tertiary/aromatic N) is 5. The van der Waals surface area contributed by atoms with E-state index < -0.39 is 11.6 Å². The third kappa shape index (κ3) is 4.56. The van der Waals surface area contributed by atoms with Crippen molar-refractivity contribution in [3.8, 4) is 35.4 Å². The number of piperazine rings is 1. The predicted octanol–water partition coefficient (Wildman–Crippen LogP) is 6.00. The number of terminal acetylenes is 1. The second kappa shape index (κ2) is 10.8. The molecule has 0 unspecified atom stereocenters. The lowest BCUT2D eigenvalue weighted by atomic mass is 9.90. The lowest BCUT2D eigenvalue weighted by molar-refractivity contribution is 0.108. The third-order valence-electron chi connectivity index (χ3n) is 11.4. The maximum atomic E-state index is 17.0. The van der Waals surface area contributed by atoms with Gasteiger partial charge in [0.05, 0.1) is 22.8 Å². The molecule has 8 nitrogen and oxygen atoms in total. The SMILES string of the molecule is C#Cc1c(F)ccc2cc(O)cc(-c3ncc4c(N5C[C@@H]6CC[C@](C7CC7)(C5)N6)nc(OC[C@@]56CCCN5C/C(=C/F)C6)nc4c3F)c12. The second-order valence-electron chi connectivity index (χ2n) is 14.3. The van der Waals surface area contributed by atoms with E-state index in [0.29, 0.717) is 48.3 Å². The van der Waals surface area contributed by atoms with Gasteiger partial charge in [-0.25, -0.2) is 13.2 Å². The number of nitrogens with one attached hydrogen (secondary N) is 1. The topological polar surface area (TPSA) is 86.6 Å². The number of aromatic hydroxyl groups is 1. The molecule has 5 fully saturated rings. The number of pyridine rings is 1. The molecule has 11 heteroatoms. The van der Waals surface area contributed by atoms with Crippen LogP contribution in [0.4, 0.5) is 19.0 Å². The first kappa shape index (κ1) is 29.7. The van der Waals surface area contributed by atoms with E-state index in [1.165, 1.54) is 37.1 Å². The molecule has 0 radical (unpaired) electrons. The van der Waals surface area contributed by atoms with Crippen molar-refractivity contribution >= 4 is 27.5 Å². The molecule has 0 spiro atoms. The standard InChI is InChI=1S/C37H35F3N6O2/c1-2-26-29(39)7-4-22-12-25(47)13-27(30(22)26)32-31(40)33-28(16-41-32)34(45-18-24-8-10-37(19-45,44-24)23-5-6-23)43-35(42-33)48-20-36-9-3-11-46(36)17-21(14-36)15-38/h1,4,7,12-13,15-16,23-24,44,47H,3,5-6,8-11,14,17-20H2/b21-15+/t24-,36-,37+/m0/s1. The number of hydrogen-bond donors (Lipinski definition) is 2. The van der Waals surface area contributed by atoms with Gasteiger partial charge in [-0.2, -0.15) is 9.97 Å². The van der Waals surface area contributed by atoms with Crippen LogP contribution in [0.25, 0.3) is 32.9 Å². The van der Waals surface area contributed by atoms with Crippen molar-refractivity contribution in [2.24, 2.45) is 5.92 Å². The Bertz CT molecular complexity index is 2080. The van der Waals surface area contributed by atoms with Crippen molar-refractivity contribution in [3.63, 3.8) is 0 Å². The minimum Gasteiger partial charge on any atom is -0.508 e. The van der Waals surface area contributed by atoms with Crippen molar-refractivity contribution in [2.75, 3.05) is 37.7 Å². The number of phenols is 1. The Morgan fingerprint density at radius 1 is 1.17 bits per heavy atom. The molecule has 1 aliphatic carbocycles. The van der Waals surface area contributed by atoms with Crippen molar-refractivity contribution < 1.29 is 23.0 Å². The van der Waals surface area contributed by atoms with Gasteiger partial charge in [-0.15, -0.1) is 6.42 Å². The molecular weight excluding hydrogens is 617 g/mol. The number of rotatable bonds is 6. The zero-order valence-electron chi connectivity index (χ0n) is 26.4. The lowest BCUT2D eigenvalue weighted by Crippen LogP contribution is -2.61. The molecule has 246 valence electrons. The largest absolute Gasteiger partial charge is 0.508 e. The molecular formula is C37H35F3N6O2. The molecule has 2 bridgehead atoms. The third-order valence-corrected chi connectivity index (χ3v) is 11.4. The Kier molecular flexibility index (Phi) is 6.69. The van der Waals surface area contributed by atoms with Gasteiger partial charge in [0.15, 0.2) is 5.82 Å². The van der Waals surface area contributed by atoms with Crippen molar-refractivity contribution in [1.29, 1.82) is 0 Å². The van der Waals surface area contributed by atoms with Crippen LogP contribution in [0, 0.1) is 29.9 Å². The minimum absolute atomic E-state index is 0.00837. The van der Waals surface area contributed by atoms with Crippen LogP contribution in [0.15, 0.2) is 42.4 Å². The molecule has 4 saturated heterocycles. The summed E-state index contributed by atoms with van der Waals surface area (Å²) in [5.41, 5.74) is 0.372. The number of phenolic OH excluding ortho intramolecular Hbond substituents is 1. The Morgan fingerprint density at radius 3 is 2.85 bits per heavy atom. The number of aromatic nitrogens is 3. The highest BCUT2D eigenvalue weighted by molar-refractivity contribution is 6.03. The summed E-state index contributed by atoms with van der Waals surface area (Å²) in [5, 5.41) is 15.6. The maximum Gasteiger partial charge on any atom is 0.319 e. The zero-order chi connectivity index (χ0) is 32.8. The van der Waals surface area contributed by atoms with Gasteiger partial charge >= 0.3 is 6.01 Å². The van der Waals surface area contributed by atoms with Gasteiger partial charge in [0.25, 0.3) is 0 Å². The first-order valence-electron chi connectivity index (χ1n) is 16.8. The fourth-order valence-corrected chi connectivity index (χ4v) is 9.08. The molecule has 6 heterocycles. The van der Waals surface area contributed by atoms with Crippen LogP contribution in [-0.2, 0) is 0 Å². The van der Waals surface area contributed by atoms with Crippen LogP contribution >= 0.6 is 0 Å². The highest BCUT2D eigenvalue weighted by Crippen LogP contribution is 2.49. The van der Waals surface area contributed by atoms with Crippen LogP contribution in [0.3, 0.4) is 0 Å². The van der Waals surface area contributed by atoms with E-state index in [2.05, 4.69) is 31.0 Å². The molecule has 1 saturated carbocycles. The van der Waals surface area contributed by atoms with Gasteiger partial charge in [0, 0.05) is 48.4 Å². The van der Waals surface area contributed by atoms with Crippen molar-refractivity contribution in [3.05, 3.63) is 59.6 Å². The van der Waals surface area contributed by atoms with Crippen LogP contribution in [0.1, 0.15) is 50.5 Å². The van der Waals surface area contributed by atoms with Crippen LogP contribution < -0.4 is 15.0 Å². The van der Waals surface area contributed by atoms with Crippen molar-refractivity contribution in [2.45, 2.75) is 62.1 Å². The van der Waals surface area contributed by atoms with Gasteiger partial charge in [0.1, 0.15) is 35.2 Å². The average molecular weight is 653 g/mol. The quantitative estimate of drug-likeness (QED) is 0.246. The van der Waals surface area contributed by atoms with Gasteiger partial charge in [-0.3, -0.25) is 9.88 Å². The summed E-state index contributed by atoms with van der Waals surface area (Å²) in [7, 11) is 0. The number of anilines is 1. The Labute approximate surface area is 276 Å². The molecule has 2 N–H and O–H groups in total. The van der Waals surface area contributed by atoms with E-state index in [4.69, 9.17) is 16.1 Å².